The second kappa shape index (κ2) is 11.7. The van der Waals surface area contributed by atoms with Crippen molar-refractivity contribution < 1.29 is 38.1 Å². The van der Waals surface area contributed by atoms with Crippen LogP contribution in [0.15, 0.2) is 54.6 Å². The summed E-state index contributed by atoms with van der Waals surface area (Å²) in [7, 11) is 2.94. The number of Topliss-reactive ketones (excluding diaryl/α,β-unsaturated/α-hetero) is 2. The van der Waals surface area contributed by atoms with Gasteiger partial charge in [-0.2, -0.15) is 0 Å². The standard InChI is InChI=1S/C27H25NO8/c1-16(29)18-8-10-24(33-3)20(12-18)14-35-26(31)22-6-5-7-23(28-22)27(32)36-15-21-13-19(17(2)30)9-11-25(21)34-4/h5-13H,14-15H2,1-4H3. The van der Waals surface area contributed by atoms with Gasteiger partial charge in [-0.15, -0.1) is 0 Å². The van der Waals surface area contributed by atoms with Gasteiger partial charge >= 0.3 is 11.9 Å². The molecule has 0 atom stereocenters. The first kappa shape index (κ1) is 26.1. The molecule has 1 heterocycles. The number of ether oxygens (including phenoxy) is 4. The zero-order valence-corrected chi connectivity index (χ0v) is 20.3. The van der Waals surface area contributed by atoms with Crippen molar-refractivity contribution in [1.82, 2.24) is 4.98 Å². The highest BCUT2D eigenvalue weighted by molar-refractivity contribution is 5.95. The fourth-order valence-corrected chi connectivity index (χ4v) is 3.32. The van der Waals surface area contributed by atoms with Crippen molar-refractivity contribution in [2.75, 3.05) is 14.2 Å². The molecule has 0 aliphatic rings. The minimum atomic E-state index is -0.768. The lowest BCUT2D eigenvalue weighted by molar-refractivity contribution is 0.0454. The van der Waals surface area contributed by atoms with Crippen LogP contribution in [0.25, 0.3) is 0 Å². The molecule has 0 fully saturated rings. The second-order valence-electron chi connectivity index (χ2n) is 7.73. The van der Waals surface area contributed by atoms with Crippen molar-refractivity contribution in [3.8, 4) is 11.5 Å². The van der Waals surface area contributed by atoms with E-state index in [9.17, 15) is 19.2 Å². The summed E-state index contributed by atoms with van der Waals surface area (Å²) in [6, 6.07) is 13.9. The first-order valence-corrected chi connectivity index (χ1v) is 10.9. The van der Waals surface area contributed by atoms with Gasteiger partial charge in [0, 0.05) is 22.3 Å². The Morgan fingerprint density at radius 2 is 1.08 bits per heavy atom. The number of pyridine rings is 1. The first-order valence-electron chi connectivity index (χ1n) is 10.9. The number of aromatic nitrogens is 1. The number of carbonyl (C=O) groups is 4. The number of esters is 2. The van der Waals surface area contributed by atoms with E-state index in [-0.39, 0.29) is 36.2 Å². The van der Waals surface area contributed by atoms with Crippen LogP contribution in [-0.4, -0.2) is 42.7 Å². The second-order valence-corrected chi connectivity index (χ2v) is 7.73. The molecule has 3 rings (SSSR count). The number of carbonyl (C=O) groups excluding carboxylic acids is 4. The minimum Gasteiger partial charge on any atom is -0.496 e. The molecule has 0 unspecified atom stereocenters. The van der Waals surface area contributed by atoms with Gasteiger partial charge in [0.05, 0.1) is 14.2 Å². The molecule has 2 aromatic carbocycles. The van der Waals surface area contributed by atoms with E-state index in [0.29, 0.717) is 33.8 Å². The molecular formula is C27H25NO8. The van der Waals surface area contributed by atoms with Crippen LogP contribution in [0.3, 0.4) is 0 Å². The third-order valence-electron chi connectivity index (χ3n) is 5.26. The number of rotatable bonds is 10. The highest BCUT2D eigenvalue weighted by Gasteiger charge is 2.17. The summed E-state index contributed by atoms with van der Waals surface area (Å²) in [4.78, 5) is 52.5. The molecule has 9 heteroatoms. The van der Waals surface area contributed by atoms with Crippen LogP contribution in [-0.2, 0) is 22.7 Å². The lowest BCUT2D eigenvalue weighted by atomic mass is 10.1. The van der Waals surface area contributed by atoms with E-state index in [2.05, 4.69) is 4.98 Å². The van der Waals surface area contributed by atoms with Crippen molar-refractivity contribution in [2.45, 2.75) is 27.1 Å². The van der Waals surface area contributed by atoms with Gasteiger partial charge in [0.25, 0.3) is 0 Å². The Bertz CT molecular complexity index is 1220. The van der Waals surface area contributed by atoms with Gasteiger partial charge in [-0.05, 0) is 62.4 Å². The van der Waals surface area contributed by atoms with Crippen LogP contribution in [0.5, 0.6) is 11.5 Å². The third kappa shape index (κ3) is 6.32. The normalized spacial score (nSPS) is 10.3. The van der Waals surface area contributed by atoms with Gasteiger partial charge in [0.15, 0.2) is 11.6 Å². The Balaban J connectivity index is 1.69. The fourth-order valence-electron chi connectivity index (χ4n) is 3.32. The van der Waals surface area contributed by atoms with Crippen LogP contribution in [0.1, 0.15) is 66.7 Å². The highest BCUT2D eigenvalue weighted by Crippen LogP contribution is 2.23. The number of benzene rings is 2. The summed E-state index contributed by atoms with van der Waals surface area (Å²) >= 11 is 0. The maximum atomic E-state index is 12.6. The highest BCUT2D eigenvalue weighted by atomic mass is 16.5. The topological polar surface area (TPSA) is 118 Å². The molecule has 9 nitrogen and oxygen atoms in total. The van der Waals surface area contributed by atoms with E-state index in [1.807, 2.05) is 0 Å². The van der Waals surface area contributed by atoms with E-state index in [1.165, 1.54) is 46.3 Å². The number of ketones is 2. The van der Waals surface area contributed by atoms with E-state index in [4.69, 9.17) is 18.9 Å². The third-order valence-corrected chi connectivity index (χ3v) is 5.26. The summed E-state index contributed by atoms with van der Waals surface area (Å²) in [5.41, 5.74) is 1.74. The van der Waals surface area contributed by atoms with E-state index >= 15 is 0 Å². The van der Waals surface area contributed by atoms with Crippen LogP contribution in [0, 0.1) is 0 Å². The number of nitrogens with zero attached hydrogens (tertiary/aromatic N) is 1. The molecule has 0 saturated carbocycles. The van der Waals surface area contributed by atoms with Gasteiger partial charge in [0.1, 0.15) is 36.1 Å². The molecule has 36 heavy (non-hydrogen) atoms. The summed E-state index contributed by atoms with van der Waals surface area (Å²) in [5.74, 6) is -0.885. The Kier molecular flexibility index (Phi) is 8.51. The Hall–Kier alpha value is -4.53. The zero-order chi connectivity index (χ0) is 26.2. The molecule has 0 radical (unpaired) electrons. The van der Waals surface area contributed by atoms with E-state index in [1.54, 1.807) is 36.4 Å². The Labute approximate surface area is 208 Å². The number of hydrogen-bond donors (Lipinski definition) is 0. The maximum Gasteiger partial charge on any atom is 0.357 e. The van der Waals surface area contributed by atoms with Gasteiger partial charge < -0.3 is 18.9 Å². The summed E-state index contributed by atoms with van der Waals surface area (Å²) in [6.07, 6.45) is 0. The summed E-state index contributed by atoms with van der Waals surface area (Å²) < 4.78 is 21.2. The average molecular weight is 491 g/mol. The number of hydrogen-bond acceptors (Lipinski definition) is 9. The molecule has 0 saturated heterocycles. The minimum absolute atomic E-state index is 0.0951. The average Bonchev–Trinajstić information content (AvgIpc) is 2.89. The quantitative estimate of drug-likeness (QED) is 0.303. The van der Waals surface area contributed by atoms with Crippen molar-refractivity contribution in [3.63, 3.8) is 0 Å². The zero-order valence-electron chi connectivity index (χ0n) is 20.3. The van der Waals surface area contributed by atoms with Gasteiger partial charge in [-0.25, -0.2) is 14.6 Å². The van der Waals surface area contributed by atoms with Crippen molar-refractivity contribution >= 4 is 23.5 Å². The Morgan fingerprint density at radius 1 is 0.667 bits per heavy atom. The van der Waals surface area contributed by atoms with Crippen LogP contribution in [0.2, 0.25) is 0 Å². The fraction of sp³-hybridized carbons (Fsp3) is 0.222. The smallest absolute Gasteiger partial charge is 0.357 e. The lowest BCUT2D eigenvalue weighted by Crippen LogP contribution is -2.13. The van der Waals surface area contributed by atoms with Crippen LogP contribution >= 0.6 is 0 Å². The van der Waals surface area contributed by atoms with Gasteiger partial charge in [-0.3, -0.25) is 9.59 Å². The lowest BCUT2D eigenvalue weighted by Gasteiger charge is -2.11. The monoisotopic (exact) mass is 491 g/mol. The van der Waals surface area contributed by atoms with Crippen LogP contribution in [0.4, 0.5) is 0 Å². The SMILES string of the molecule is COc1ccc(C(C)=O)cc1COC(=O)c1cccc(C(=O)OCc2cc(C(C)=O)ccc2OC)n1. The molecule has 0 bridgehead atoms. The molecular weight excluding hydrogens is 466 g/mol. The number of methoxy groups -OCH3 is 2. The predicted octanol–water partition coefficient (Wildman–Crippen LogP) is 4.22. The van der Waals surface area contributed by atoms with Crippen LogP contribution < -0.4 is 9.47 Å². The maximum absolute atomic E-state index is 12.6. The van der Waals surface area contributed by atoms with Crippen molar-refractivity contribution in [1.29, 1.82) is 0 Å². The summed E-state index contributed by atoms with van der Waals surface area (Å²) in [6.45, 7) is 2.54. The predicted molar refractivity (Wildman–Crippen MR) is 128 cm³/mol. The van der Waals surface area contributed by atoms with Gasteiger partial charge in [0.2, 0.25) is 0 Å². The van der Waals surface area contributed by atoms with E-state index < -0.39 is 11.9 Å². The molecule has 0 aliphatic heterocycles. The molecule has 186 valence electrons. The molecule has 0 amide bonds. The Morgan fingerprint density at radius 3 is 1.44 bits per heavy atom. The molecule has 3 aromatic rings. The molecule has 0 aliphatic carbocycles. The molecule has 1 aromatic heterocycles. The van der Waals surface area contributed by atoms with Gasteiger partial charge in [-0.1, -0.05) is 6.07 Å². The first-order chi connectivity index (χ1) is 17.2. The van der Waals surface area contributed by atoms with E-state index in [0.717, 1.165) is 0 Å². The summed E-state index contributed by atoms with van der Waals surface area (Å²) in [5, 5.41) is 0. The largest absolute Gasteiger partial charge is 0.496 e. The molecule has 0 spiro atoms. The van der Waals surface area contributed by atoms with Crippen molar-refractivity contribution in [2.24, 2.45) is 0 Å². The van der Waals surface area contributed by atoms with Crippen molar-refractivity contribution in [3.05, 3.63) is 88.2 Å². The molecule has 0 N–H and O–H groups in total.